The zero-order valence-corrected chi connectivity index (χ0v) is 17.7. The van der Waals surface area contributed by atoms with E-state index in [0.717, 1.165) is 27.6 Å². The Hall–Kier alpha value is -3.92. The van der Waals surface area contributed by atoms with E-state index < -0.39 is 5.92 Å². The van der Waals surface area contributed by atoms with Crippen molar-refractivity contribution in [1.29, 1.82) is 0 Å². The van der Waals surface area contributed by atoms with Gasteiger partial charge < -0.3 is 9.47 Å². The largest absolute Gasteiger partial charge is 0.497 e. The minimum Gasteiger partial charge on any atom is -0.497 e. The first kappa shape index (κ1) is 20.0. The molecule has 0 bridgehead atoms. The van der Waals surface area contributed by atoms with E-state index in [0.29, 0.717) is 29.9 Å². The number of carbonyl (C=O) groups excluding carboxylic acids is 2. The van der Waals surface area contributed by atoms with Crippen LogP contribution in [0, 0.1) is 5.92 Å². The summed E-state index contributed by atoms with van der Waals surface area (Å²) in [7, 11) is 1.63. The van der Waals surface area contributed by atoms with E-state index in [-0.39, 0.29) is 11.6 Å². The molecule has 1 atom stereocenters. The van der Waals surface area contributed by atoms with Crippen molar-refractivity contribution in [3.05, 3.63) is 107 Å². The van der Waals surface area contributed by atoms with Gasteiger partial charge in [0.2, 0.25) is 0 Å². The maximum Gasteiger partial charge on any atom is 0.174 e. The quantitative estimate of drug-likeness (QED) is 0.297. The molecule has 4 heteroatoms. The van der Waals surface area contributed by atoms with Crippen molar-refractivity contribution < 1.29 is 19.1 Å². The Bertz CT molecular complexity index is 1320. The number of ether oxygens (including phenoxy) is 2. The fourth-order valence-electron chi connectivity index (χ4n) is 4.23. The van der Waals surface area contributed by atoms with E-state index in [1.807, 2.05) is 66.7 Å². The second-order valence-electron chi connectivity index (χ2n) is 8.01. The molecule has 0 aromatic heterocycles. The van der Waals surface area contributed by atoms with Gasteiger partial charge in [-0.2, -0.15) is 0 Å². The average Bonchev–Trinajstić information content (AvgIpc) is 3.17. The van der Waals surface area contributed by atoms with Crippen molar-refractivity contribution in [1.82, 2.24) is 0 Å². The number of rotatable bonds is 6. The van der Waals surface area contributed by atoms with E-state index in [4.69, 9.17) is 9.47 Å². The summed E-state index contributed by atoms with van der Waals surface area (Å²) in [6.07, 6.45) is 0.399. The molecule has 0 saturated heterocycles. The lowest BCUT2D eigenvalue weighted by Crippen LogP contribution is -2.20. The van der Waals surface area contributed by atoms with Crippen molar-refractivity contribution in [2.45, 2.75) is 13.0 Å². The maximum atomic E-state index is 13.2. The number of Topliss-reactive ketones (excluding diaryl/α,β-unsaturated/α-hetero) is 2. The highest BCUT2D eigenvalue weighted by Gasteiger charge is 2.36. The van der Waals surface area contributed by atoms with Crippen LogP contribution in [0.25, 0.3) is 10.8 Å². The van der Waals surface area contributed by atoms with Crippen molar-refractivity contribution in [2.75, 3.05) is 7.11 Å². The molecule has 0 radical (unpaired) electrons. The molecule has 0 spiro atoms. The molecule has 4 aromatic carbocycles. The molecule has 0 amide bonds. The number of hydrogen-bond donors (Lipinski definition) is 0. The third kappa shape index (κ3) is 3.76. The highest BCUT2D eigenvalue weighted by molar-refractivity contribution is 6.19. The van der Waals surface area contributed by atoms with E-state index >= 15 is 0 Å². The van der Waals surface area contributed by atoms with Crippen LogP contribution in [-0.4, -0.2) is 18.7 Å². The van der Waals surface area contributed by atoms with E-state index in [1.165, 1.54) is 0 Å². The molecular weight excluding hydrogens is 400 g/mol. The van der Waals surface area contributed by atoms with Gasteiger partial charge in [-0.15, -0.1) is 0 Å². The summed E-state index contributed by atoms with van der Waals surface area (Å²) in [5.74, 6) is 0.520. The molecule has 0 saturated carbocycles. The van der Waals surface area contributed by atoms with Gasteiger partial charge >= 0.3 is 0 Å². The summed E-state index contributed by atoms with van der Waals surface area (Å²) in [6.45, 7) is 0.456. The topological polar surface area (TPSA) is 52.6 Å². The second kappa shape index (κ2) is 8.31. The molecule has 0 fully saturated rings. The fraction of sp³-hybridized carbons (Fsp3) is 0.143. The highest BCUT2D eigenvalue weighted by Crippen LogP contribution is 2.33. The van der Waals surface area contributed by atoms with Crippen LogP contribution in [0.3, 0.4) is 0 Å². The van der Waals surface area contributed by atoms with Gasteiger partial charge in [0.05, 0.1) is 13.0 Å². The molecule has 1 aliphatic rings. The molecule has 1 unspecified atom stereocenters. The molecule has 0 aliphatic heterocycles. The zero-order valence-electron chi connectivity index (χ0n) is 17.7. The summed E-state index contributed by atoms with van der Waals surface area (Å²) < 4.78 is 11.2. The van der Waals surface area contributed by atoms with Crippen LogP contribution in [-0.2, 0) is 13.0 Å². The van der Waals surface area contributed by atoms with Crippen molar-refractivity contribution >= 4 is 22.3 Å². The minimum atomic E-state index is -0.690. The first-order valence-corrected chi connectivity index (χ1v) is 10.6. The van der Waals surface area contributed by atoms with Gasteiger partial charge in [-0.3, -0.25) is 9.59 Å². The number of ketones is 2. The van der Waals surface area contributed by atoms with E-state index in [2.05, 4.69) is 0 Å². The Balaban J connectivity index is 1.34. The first-order chi connectivity index (χ1) is 15.6. The number of hydrogen-bond acceptors (Lipinski definition) is 4. The Kier molecular flexibility index (Phi) is 5.20. The van der Waals surface area contributed by atoms with Crippen LogP contribution >= 0.6 is 0 Å². The smallest absolute Gasteiger partial charge is 0.174 e. The summed E-state index contributed by atoms with van der Waals surface area (Å²) in [5.41, 5.74) is 3.10. The summed E-state index contributed by atoms with van der Waals surface area (Å²) in [4.78, 5) is 26.2. The first-order valence-electron chi connectivity index (χ1n) is 10.6. The van der Waals surface area contributed by atoms with Gasteiger partial charge in [0, 0.05) is 11.1 Å². The van der Waals surface area contributed by atoms with Crippen LogP contribution in [0.5, 0.6) is 11.5 Å². The minimum absolute atomic E-state index is 0.116. The van der Waals surface area contributed by atoms with Gasteiger partial charge in [-0.25, -0.2) is 0 Å². The zero-order chi connectivity index (χ0) is 22.1. The SMILES string of the molecule is COc1ccc2cc(C(=O)C3Cc4cc(OCc5ccccc5)ccc4C3=O)ccc2c1. The molecule has 158 valence electrons. The molecule has 4 nitrogen and oxygen atoms in total. The number of methoxy groups -OCH3 is 1. The third-order valence-corrected chi connectivity index (χ3v) is 5.98. The third-order valence-electron chi connectivity index (χ3n) is 5.98. The molecule has 0 N–H and O–H groups in total. The van der Waals surface area contributed by atoms with Crippen molar-refractivity contribution in [2.24, 2.45) is 5.92 Å². The molecular formula is C28H22O4. The molecule has 5 rings (SSSR count). The Morgan fingerprint density at radius 1 is 0.875 bits per heavy atom. The molecule has 4 aromatic rings. The normalized spacial score (nSPS) is 14.9. The monoisotopic (exact) mass is 422 g/mol. The Morgan fingerprint density at radius 3 is 2.44 bits per heavy atom. The van der Waals surface area contributed by atoms with Crippen LogP contribution in [0.15, 0.2) is 84.9 Å². The predicted molar refractivity (Wildman–Crippen MR) is 124 cm³/mol. The average molecular weight is 422 g/mol. The lowest BCUT2D eigenvalue weighted by Gasteiger charge is -2.09. The Morgan fingerprint density at radius 2 is 1.62 bits per heavy atom. The summed E-state index contributed by atoms with van der Waals surface area (Å²) in [5, 5.41) is 1.93. The number of carbonyl (C=O) groups is 2. The van der Waals surface area contributed by atoms with Gasteiger partial charge in [0.1, 0.15) is 18.1 Å². The van der Waals surface area contributed by atoms with Crippen LogP contribution < -0.4 is 9.47 Å². The molecule has 1 aliphatic carbocycles. The summed E-state index contributed by atoms with van der Waals surface area (Å²) >= 11 is 0. The lowest BCUT2D eigenvalue weighted by molar-refractivity contribution is 0.0822. The van der Waals surface area contributed by atoms with Gasteiger partial charge in [-0.1, -0.05) is 48.5 Å². The predicted octanol–water partition coefficient (Wildman–Crippen LogP) is 5.67. The van der Waals surface area contributed by atoms with E-state index in [1.54, 1.807) is 25.3 Å². The van der Waals surface area contributed by atoms with Crippen molar-refractivity contribution in [3.8, 4) is 11.5 Å². The fourth-order valence-corrected chi connectivity index (χ4v) is 4.23. The van der Waals surface area contributed by atoms with Crippen LogP contribution in [0.4, 0.5) is 0 Å². The molecule has 0 heterocycles. The lowest BCUT2D eigenvalue weighted by atomic mass is 9.93. The number of benzene rings is 4. The highest BCUT2D eigenvalue weighted by atomic mass is 16.5. The number of fused-ring (bicyclic) bond motifs is 2. The Labute approximate surface area is 186 Å². The van der Waals surface area contributed by atoms with Crippen LogP contribution in [0.1, 0.15) is 31.8 Å². The summed E-state index contributed by atoms with van der Waals surface area (Å²) in [6, 6.07) is 26.6. The van der Waals surface area contributed by atoms with E-state index in [9.17, 15) is 9.59 Å². The van der Waals surface area contributed by atoms with Crippen LogP contribution in [0.2, 0.25) is 0 Å². The van der Waals surface area contributed by atoms with Gasteiger partial charge in [0.15, 0.2) is 11.6 Å². The molecule has 32 heavy (non-hydrogen) atoms. The second-order valence-corrected chi connectivity index (χ2v) is 8.01. The van der Waals surface area contributed by atoms with Gasteiger partial charge in [-0.05, 0) is 64.7 Å². The van der Waals surface area contributed by atoms with Crippen molar-refractivity contribution in [3.63, 3.8) is 0 Å². The maximum absolute atomic E-state index is 13.2. The van der Waals surface area contributed by atoms with Gasteiger partial charge in [0.25, 0.3) is 0 Å². The standard InChI is InChI=1S/C28H22O4/c1-31-23-10-9-19-13-21(8-7-20(19)14-23)27(29)26-16-22-15-24(11-12-25(22)28(26)30)32-17-18-5-3-2-4-6-18/h2-15,26H,16-17H2,1H3.